The fourth-order valence-electron chi connectivity index (χ4n) is 1.90. The molecule has 0 aliphatic heterocycles. The van der Waals surface area contributed by atoms with Crippen LogP contribution < -0.4 is 15.4 Å². The van der Waals surface area contributed by atoms with Gasteiger partial charge in [0.25, 0.3) is 0 Å². The molecule has 0 fully saturated rings. The van der Waals surface area contributed by atoms with Crippen LogP contribution in [0.4, 0.5) is 11.4 Å². The molecule has 0 aliphatic carbocycles. The van der Waals surface area contributed by atoms with Gasteiger partial charge in [-0.05, 0) is 39.0 Å². The Morgan fingerprint density at radius 1 is 1.17 bits per heavy atom. The van der Waals surface area contributed by atoms with Gasteiger partial charge < -0.3 is 15.4 Å². The summed E-state index contributed by atoms with van der Waals surface area (Å²) in [5, 5.41) is 6.38. The summed E-state index contributed by atoms with van der Waals surface area (Å²) in [6, 6.07) is 10.3. The van der Waals surface area contributed by atoms with E-state index in [1.54, 1.807) is 31.3 Å². The highest BCUT2D eigenvalue weighted by Crippen LogP contribution is 2.21. The van der Waals surface area contributed by atoms with E-state index in [0.717, 1.165) is 5.69 Å². The normalized spacial score (nSPS) is 11.9. The summed E-state index contributed by atoms with van der Waals surface area (Å²) in [4.78, 5) is 16.4. The highest BCUT2D eigenvalue weighted by atomic mass is 35.5. The first-order valence-corrected chi connectivity index (χ1v) is 7.78. The van der Waals surface area contributed by atoms with Crippen LogP contribution in [0.3, 0.4) is 0 Å². The van der Waals surface area contributed by atoms with Crippen LogP contribution in [0.1, 0.15) is 20.8 Å². The number of benzene rings is 1. The molecule has 1 heterocycles. The monoisotopic (exact) mass is 333 g/mol. The van der Waals surface area contributed by atoms with Crippen LogP contribution in [0.5, 0.6) is 5.88 Å². The highest BCUT2D eigenvalue weighted by molar-refractivity contribution is 6.33. The Labute approximate surface area is 141 Å². The number of para-hydroxylation sites is 1. The van der Waals surface area contributed by atoms with Gasteiger partial charge in [0.15, 0.2) is 0 Å². The first-order chi connectivity index (χ1) is 11.0. The number of pyridine rings is 1. The summed E-state index contributed by atoms with van der Waals surface area (Å²) in [5.74, 6) is 0.374. The number of carbonyl (C=O) groups is 1. The van der Waals surface area contributed by atoms with Crippen molar-refractivity contribution in [1.29, 1.82) is 0 Å². The van der Waals surface area contributed by atoms with Crippen molar-refractivity contribution in [2.45, 2.75) is 32.9 Å². The molecule has 6 heteroatoms. The van der Waals surface area contributed by atoms with E-state index in [9.17, 15) is 4.79 Å². The van der Waals surface area contributed by atoms with Gasteiger partial charge in [-0.2, -0.15) is 0 Å². The summed E-state index contributed by atoms with van der Waals surface area (Å²) in [7, 11) is 0. The van der Waals surface area contributed by atoms with Crippen molar-refractivity contribution in [2.75, 3.05) is 10.6 Å². The molecule has 0 aliphatic rings. The Morgan fingerprint density at radius 3 is 2.52 bits per heavy atom. The third kappa shape index (κ3) is 5.14. The molecular weight excluding hydrogens is 314 g/mol. The zero-order chi connectivity index (χ0) is 16.8. The second-order valence-corrected chi connectivity index (χ2v) is 5.79. The Kier molecular flexibility index (Phi) is 5.82. The van der Waals surface area contributed by atoms with Crippen LogP contribution in [0.2, 0.25) is 5.02 Å². The average molecular weight is 334 g/mol. The summed E-state index contributed by atoms with van der Waals surface area (Å²) >= 11 is 6.03. The minimum absolute atomic E-state index is 0.0710. The van der Waals surface area contributed by atoms with E-state index >= 15 is 0 Å². The second kappa shape index (κ2) is 7.83. The van der Waals surface area contributed by atoms with E-state index in [1.807, 2.05) is 32.0 Å². The number of anilines is 2. The van der Waals surface area contributed by atoms with E-state index in [4.69, 9.17) is 16.3 Å². The van der Waals surface area contributed by atoms with Gasteiger partial charge in [0.1, 0.15) is 6.04 Å². The lowest BCUT2D eigenvalue weighted by molar-refractivity contribution is -0.116. The van der Waals surface area contributed by atoms with Crippen LogP contribution in [-0.2, 0) is 4.79 Å². The largest absolute Gasteiger partial charge is 0.475 e. The van der Waals surface area contributed by atoms with E-state index in [0.29, 0.717) is 16.6 Å². The van der Waals surface area contributed by atoms with Crippen molar-refractivity contribution in [3.63, 3.8) is 0 Å². The quantitative estimate of drug-likeness (QED) is 0.839. The van der Waals surface area contributed by atoms with Crippen molar-refractivity contribution >= 4 is 28.9 Å². The SMILES string of the molecule is CC(C)Oc1ccc(N[C@@H](C)C(=O)Nc2ccccc2Cl)cn1. The zero-order valence-electron chi connectivity index (χ0n) is 13.3. The molecule has 2 aromatic rings. The Balaban J connectivity index is 1.94. The smallest absolute Gasteiger partial charge is 0.246 e. The Morgan fingerprint density at radius 2 is 1.91 bits per heavy atom. The first kappa shape index (κ1) is 17.1. The highest BCUT2D eigenvalue weighted by Gasteiger charge is 2.14. The summed E-state index contributed by atoms with van der Waals surface area (Å²) in [6.07, 6.45) is 1.71. The number of rotatable bonds is 6. The molecular formula is C17H20ClN3O2. The molecule has 23 heavy (non-hydrogen) atoms. The zero-order valence-corrected chi connectivity index (χ0v) is 14.1. The first-order valence-electron chi connectivity index (χ1n) is 7.40. The molecule has 2 rings (SSSR count). The molecule has 0 radical (unpaired) electrons. The number of hydrogen-bond donors (Lipinski definition) is 2. The van der Waals surface area contributed by atoms with Gasteiger partial charge in [0, 0.05) is 6.07 Å². The third-order valence-electron chi connectivity index (χ3n) is 3.00. The molecule has 0 spiro atoms. The lowest BCUT2D eigenvalue weighted by atomic mass is 10.2. The molecule has 1 aromatic carbocycles. The van der Waals surface area contributed by atoms with Crippen LogP contribution >= 0.6 is 11.6 Å². The molecule has 0 bridgehead atoms. The number of nitrogens with zero attached hydrogens (tertiary/aromatic N) is 1. The maximum Gasteiger partial charge on any atom is 0.246 e. The van der Waals surface area contributed by atoms with Gasteiger partial charge >= 0.3 is 0 Å². The van der Waals surface area contributed by atoms with Gasteiger partial charge in [0.2, 0.25) is 11.8 Å². The number of halogens is 1. The van der Waals surface area contributed by atoms with Crippen LogP contribution in [0, 0.1) is 0 Å². The standard InChI is InChI=1S/C17H20ClN3O2/c1-11(2)23-16-9-8-13(10-19-16)20-12(3)17(22)21-15-7-5-4-6-14(15)18/h4-12,20H,1-3H3,(H,21,22)/t12-/m0/s1. The Bertz CT molecular complexity index is 659. The molecule has 1 aromatic heterocycles. The number of hydrogen-bond acceptors (Lipinski definition) is 4. The minimum Gasteiger partial charge on any atom is -0.475 e. The van der Waals surface area contributed by atoms with Gasteiger partial charge in [-0.1, -0.05) is 23.7 Å². The summed E-state index contributed by atoms with van der Waals surface area (Å²) in [5.41, 5.74) is 1.33. The molecule has 1 atom stereocenters. The van der Waals surface area contributed by atoms with Gasteiger partial charge in [-0.25, -0.2) is 4.98 Å². The second-order valence-electron chi connectivity index (χ2n) is 5.39. The van der Waals surface area contributed by atoms with E-state index in [1.165, 1.54) is 0 Å². The van der Waals surface area contributed by atoms with E-state index in [-0.39, 0.29) is 12.0 Å². The van der Waals surface area contributed by atoms with Crippen LogP contribution in [-0.4, -0.2) is 23.0 Å². The predicted molar refractivity (Wildman–Crippen MR) is 93.2 cm³/mol. The van der Waals surface area contributed by atoms with Crippen molar-refractivity contribution in [2.24, 2.45) is 0 Å². The molecule has 0 saturated heterocycles. The number of nitrogens with one attached hydrogen (secondary N) is 2. The topological polar surface area (TPSA) is 63.2 Å². The van der Waals surface area contributed by atoms with Gasteiger partial charge in [0.05, 0.1) is 28.7 Å². The maximum absolute atomic E-state index is 12.2. The lowest BCUT2D eigenvalue weighted by Gasteiger charge is -2.16. The maximum atomic E-state index is 12.2. The molecule has 5 nitrogen and oxygen atoms in total. The minimum atomic E-state index is -0.440. The molecule has 1 amide bonds. The number of amides is 1. The van der Waals surface area contributed by atoms with E-state index in [2.05, 4.69) is 15.6 Å². The molecule has 122 valence electrons. The average Bonchev–Trinajstić information content (AvgIpc) is 2.51. The van der Waals surface area contributed by atoms with Crippen LogP contribution in [0.15, 0.2) is 42.6 Å². The third-order valence-corrected chi connectivity index (χ3v) is 3.33. The number of carbonyl (C=O) groups excluding carboxylic acids is 1. The Hall–Kier alpha value is -2.27. The van der Waals surface area contributed by atoms with Crippen molar-refractivity contribution in [3.05, 3.63) is 47.6 Å². The van der Waals surface area contributed by atoms with E-state index < -0.39 is 6.04 Å². The fraction of sp³-hybridized carbons (Fsp3) is 0.294. The van der Waals surface area contributed by atoms with Crippen molar-refractivity contribution < 1.29 is 9.53 Å². The number of ether oxygens (including phenoxy) is 1. The molecule has 2 N–H and O–H groups in total. The number of aromatic nitrogens is 1. The van der Waals surface area contributed by atoms with Crippen LogP contribution in [0.25, 0.3) is 0 Å². The lowest BCUT2D eigenvalue weighted by Crippen LogP contribution is -2.32. The summed E-state index contributed by atoms with van der Waals surface area (Å²) in [6.45, 7) is 5.65. The van der Waals surface area contributed by atoms with Gasteiger partial charge in [-0.15, -0.1) is 0 Å². The van der Waals surface area contributed by atoms with Crippen molar-refractivity contribution in [1.82, 2.24) is 4.98 Å². The molecule has 0 saturated carbocycles. The van der Waals surface area contributed by atoms with Crippen molar-refractivity contribution in [3.8, 4) is 5.88 Å². The predicted octanol–water partition coefficient (Wildman–Crippen LogP) is 3.96. The fourth-order valence-corrected chi connectivity index (χ4v) is 2.08. The molecule has 0 unspecified atom stereocenters. The summed E-state index contributed by atoms with van der Waals surface area (Å²) < 4.78 is 5.48. The van der Waals surface area contributed by atoms with Gasteiger partial charge in [-0.3, -0.25) is 4.79 Å².